The number of amides is 1. The Balaban J connectivity index is 1.61. The highest BCUT2D eigenvalue weighted by Gasteiger charge is 2.31. The van der Waals surface area contributed by atoms with Gasteiger partial charge in [0.05, 0.1) is 30.5 Å². The Morgan fingerprint density at radius 1 is 1.26 bits per heavy atom. The first-order valence-electron chi connectivity index (χ1n) is 8.92. The Labute approximate surface area is 157 Å². The molecule has 2 heterocycles. The average Bonchev–Trinajstić information content (AvgIpc) is 3.02. The van der Waals surface area contributed by atoms with Crippen LogP contribution < -0.4 is 10.1 Å². The van der Waals surface area contributed by atoms with Crippen molar-refractivity contribution in [1.29, 1.82) is 0 Å². The van der Waals surface area contributed by atoms with E-state index in [2.05, 4.69) is 15.4 Å². The van der Waals surface area contributed by atoms with Crippen LogP contribution in [0.25, 0.3) is 10.9 Å². The quantitative estimate of drug-likeness (QED) is 0.749. The molecule has 0 aliphatic heterocycles. The van der Waals surface area contributed by atoms with Gasteiger partial charge in [0.1, 0.15) is 11.4 Å². The van der Waals surface area contributed by atoms with Crippen molar-refractivity contribution in [1.82, 2.24) is 14.8 Å². The molecule has 0 spiro atoms. The number of hydrogen-bond acceptors (Lipinski definition) is 5. The van der Waals surface area contributed by atoms with Crippen LogP contribution >= 0.6 is 0 Å². The van der Waals surface area contributed by atoms with E-state index in [0.29, 0.717) is 29.3 Å². The largest absolute Gasteiger partial charge is 0.494 e. The van der Waals surface area contributed by atoms with Gasteiger partial charge in [-0.15, -0.1) is 0 Å². The van der Waals surface area contributed by atoms with Gasteiger partial charge >= 0.3 is 0 Å². The summed E-state index contributed by atoms with van der Waals surface area (Å²) in [4.78, 5) is 16.8. The highest BCUT2D eigenvalue weighted by Crippen LogP contribution is 2.36. The summed E-state index contributed by atoms with van der Waals surface area (Å²) in [5.74, 6) is 0.294. The maximum atomic E-state index is 12.5. The minimum Gasteiger partial charge on any atom is -0.494 e. The van der Waals surface area contributed by atoms with Crippen molar-refractivity contribution in [2.45, 2.75) is 31.9 Å². The molecular formula is C20H22N4O3. The van der Waals surface area contributed by atoms with Crippen LogP contribution in [0.5, 0.6) is 5.75 Å². The molecule has 0 bridgehead atoms. The van der Waals surface area contributed by atoms with Crippen molar-refractivity contribution in [2.24, 2.45) is 0 Å². The summed E-state index contributed by atoms with van der Waals surface area (Å²) in [6.07, 6.45) is 4.24. The van der Waals surface area contributed by atoms with Crippen molar-refractivity contribution in [3.63, 3.8) is 0 Å². The standard InChI is InChI=1S/C20H22N4O3/c1-12-5-4-6-16(21-12)20(25)22-18-7-13-11-24(14-8-15(9-14)26-2)23-17(13)10-19(18)27-3/h4-7,10-11,14-15H,8-9H2,1-3H3,(H,22,25). The molecule has 7 nitrogen and oxygen atoms in total. The Morgan fingerprint density at radius 2 is 2.07 bits per heavy atom. The van der Waals surface area contributed by atoms with Crippen LogP contribution in [0.1, 0.15) is 35.1 Å². The topological polar surface area (TPSA) is 78.3 Å². The molecule has 1 aromatic carbocycles. The van der Waals surface area contributed by atoms with E-state index in [1.807, 2.05) is 42.1 Å². The third kappa shape index (κ3) is 3.38. The maximum Gasteiger partial charge on any atom is 0.274 e. The number of hydrogen-bond donors (Lipinski definition) is 1. The number of pyridine rings is 1. The van der Waals surface area contributed by atoms with Gasteiger partial charge < -0.3 is 14.8 Å². The molecule has 1 saturated carbocycles. The Morgan fingerprint density at radius 3 is 2.78 bits per heavy atom. The zero-order chi connectivity index (χ0) is 19.0. The number of aromatic nitrogens is 3. The third-order valence-electron chi connectivity index (χ3n) is 4.99. The van der Waals surface area contributed by atoms with Crippen molar-refractivity contribution >= 4 is 22.5 Å². The van der Waals surface area contributed by atoms with Crippen LogP contribution in [0, 0.1) is 6.92 Å². The van der Waals surface area contributed by atoms with Crippen LogP contribution in [0.4, 0.5) is 5.69 Å². The van der Waals surface area contributed by atoms with Gasteiger partial charge in [0.2, 0.25) is 0 Å². The molecule has 4 rings (SSSR count). The molecule has 0 unspecified atom stereocenters. The Bertz CT molecular complexity index is 992. The van der Waals surface area contributed by atoms with Crippen LogP contribution in [0.15, 0.2) is 36.5 Å². The molecule has 1 aliphatic carbocycles. The highest BCUT2D eigenvalue weighted by molar-refractivity contribution is 6.05. The number of rotatable bonds is 5. The molecule has 7 heteroatoms. The summed E-state index contributed by atoms with van der Waals surface area (Å²) in [5.41, 5.74) is 2.59. The zero-order valence-corrected chi connectivity index (χ0v) is 15.6. The second-order valence-corrected chi connectivity index (χ2v) is 6.82. The van der Waals surface area contributed by atoms with Gasteiger partial charge in [-0.25, -0.2) is 4.98 Å². The smallest absolute Gasteiger partial charge is 0.274 e. The van der Waals surface area contributed by atoms with Gasteiger partial charge in [-0.3, -0.25) is 9.48 Å². The Kier molecular flexibility index (Phi) is 4.53. The summed E-state index contributed by atoms with van der Waals surface area (Å²) in [6, 6.07) is 9.44. The Hall–Kier alpha value is -2.93. The second-order valence-electron chi connectivity index (χ2n) is 6.82. The number of anilines is 1. The fourth-order valence-corrected chi connectivity index (χ4v) is 3.33. The number of benzene rings is 1. The van der Waals surface area contributed by atoms with Gasteiger partial charge in [-0.1, -0.05) is 6.07 Å². The molecule has 27 heavy (non-hydrogen) atoms. The lowest BCUT2D eigenvalue weighted by atomic mass is 9.89. The third-order valence-corrected chi connectivity index (χ3v) is 4.99. The SMILES string of the molecule is COc1cc2nn(C3CC(OC)C3)cc2cc1NC(=O)c1cccc(C)n1. The van der Waals surface area contributed by atoms with E-state index in [-0.39, 0.29) is 5.91 Å². The second kappa shape index (κ2) is 7.00. The number of carbonyl (C=O) groups excluding carboxylic acids is 1. The number of methoxy groups -OCH3 is 2. The highest BCUT2D eigenvalue weighted by atomic mass is 16.5. The lowest BCUT2D eigenvalue weighted by Crippen LogP contribution is -2.32. The van der Waals surface area contributed by atoms with E-state index >= 15 is 0 Å². The van der Waals surface area contributed by atoms with Crippen LogP contribution in [-0.4, -0.2) is 41.0 Å². The van der Waals surface area contributed by atoms with E-state index in [0.717, 1.165) is 29.4 Å². The van der Waals surface area contributed by atoms with Crippen molar-refractivity contribution in [3.05, 3.63) is 47.9 Å². The first-order chi connectivity index (χ1) is 13.1. The van der Waals surface area contributed by atoms with Gasteiger partial charge in [0.15, 0.2) is 0 Å². The molecule has 140 valence electrons. The number of fused-ring (bicyclic) bond motifs is 1. The van der Waals surface area contributed by atoms with E-state index in [1.54, 1.807) is 20.3 Å². The van der Waals surface area contributed by atoms with Crippen molar-refractivity contribution in [2.75, 3.05) is 19.5 Å². The van der Waals surface area contributed by atoms with E-state index in [4.69, 9.17) is 9.47 Å². The normalized spacial score (nSPS) is 18.9. The molecule has 1 fully saturated rings. The maximum absolute atomic E-state index is 12.5. The van der Waals surface area contributed by atoms with Crippen molar-refractivity contribution < 1.29 is 14.3 Å². The molecule has 1 aliphatic rings. The van der Waals surface area contributed by atoms with E-state index < -0.39 is 0 Å². The summed E-state index contributed by atoms with van der Waals surface area (Å²) in [5, 5.41) is 8.50. The van der Waals surface area contributed by atoms with Gasteiger partial charge in [0, 0.05) is 30.5 Å². The molecule has 0 saturated heterocycles. The van der Waals surface area contributed by atoms with E-state index in [1.165, 1.54) is 0 Å². The number of ether oxygens (including phenoxy) is 2. The molecule has 1 amide bonds. The van der Waals surface area contributed by atoms with Gasteiger partial charge in [-0.05, 0) is 38.0 Å². The number of aryl methyl sites for hydroxylation is 1. The minimum atomic E-state index is -0.273. The van der Waals surface area contributed by atoms with Crippen molar-refractivity contribution in [3.8, 4) is 5.75 Å². The predicted molar refractivity (Wildman–Crippen MR) is 102 cm³/mol. The fourth-order valence-electron chi connectivity index (χ4n) is 3.33. The lowest BCUT2D eigenvalue weighted by molar-refractivity contribution is 0.00269. The van der Waals surface area contributed by atoms with Gasteiger partial charge in [-0.2, -0.15) is 5.10 Å². The fraction of sp³-hybridized carbons (Fsp3) is 0.350. The molecule has 3 aromatic rings. The average molecular weight is 366 g/mol. The number of nitrogens with zero attached hydrogens (tertiary/aromatic N) is 3. The van der Waals surface area contributed by atoms with Crippen LogP contribution in [0.3, 0.4) is 0 Å². The van der Waals surface area contributed by atoms with Crippen LogP contribution in [-0.2, 0) is 4.74 Å². The summed E-state index contributed by atoms with van der Waals surface area (Å²) in [7, 11) is 3.32. The first kappa shape index (κ1) is 17.5. The summed E-state index contributed by atoms with van der Waals surface area (Å²) >= 11 is 0. The summed E-state index contributed by atoms with van der Waals surface area (Å²) in [6.45, 7) is 1.85. The minimum absolute atomic E-state index is 0.273. The first-order valence-corrected chi connectivity index (χ1v) is 8.92. The molecular weight excluding hydrogens is 344 g/mol. The molecule has 2 aromatic heterocycles. The van der Waals surface area contributed by atoms with Crippen LogP contribution in [0.2, 0.25) is 0 Å². The lowest BCUT2D eigenvalue weighted by Gasteiger charge is -2.34. The molecule has 0 radical (unpaired) electrons. The number of nitrogens with one attached hydrogen (secondary N) is 1. The summed E-state index contributed by atoms with van der Waals surface area (Å²) < 4.78 is 12.8. The molecule has 1 N–H and O–H groups in total. The zero-order valence-electron chi connectivity index (χ0n) is 15.6. The monoisotopic (exact) mass is 366 g/mol. The number of carbonyl (C=O) groups is 1. The van der Waals surface area contributed by atoms with Gasteiger partial charge in [0.25, 0.3) is 5.91 Å². The molecule has 0 atom stereocenters. The van der Waals surface area contributed by atoms with E-state index in [9.17, 15) is 4.79 Å². The predicted octanol–water partition coefficient (Wildman–Crippen LogP) is 3.35.